The third-order valence-corrected chi connectivity index (χ3v) is 5.40. The Morgan fingerprint density at radius 2 is 2.00 bits per heavy atom. The van der Waals surface area contributed by atoms with E-state index in [9.17, 15) is 4.57 Å². The minimum absolute atomic E-state index is 0.388. The molecule has 0 N–H and O–H groups in total. The van der Waals surface area contributed by atoms with Crippen molar-refractivity contribution in [2.45, 2.75) is 12.8 Å². The molecule has 146 valence electrons. The first kappa shape index (κ1) is 17.7. The second-order valence-corrected chi connectivity index (χ2v) is 10.8. The lowest BCUT2D eigenvalue weighted by molar-refractivity contribution is 0.569. The van der Waals surface area contributed by atoms with Gasteiger partial charge >= 0.3 is 0 Å². The van der Waals surface area contributed by atoms with Gasteiger partial charge < -0.3 is 8.97 Å². The third-order valence-electron chi connectivity index (χ3n) is 4.42. The maximum atomic E-state index is 12.0. The van der Waals surface area contributed by atoms with Crippen LogP contribution in [0.1, 0.15) is 5.56 Å². The predicted octanol–water partition coefficient (Wildman–Crippen LogP) is 2.36. The van der Waals surface area contributed by atoms with Crippen LogP contribution >= 0.6 is 7.14 Å². The van der Waals surface area contributed by atoms with E-state index in [4.69, 9.17) is 4.98 Å². The van der Waals surface area contributed by atoms with Crippen molar-refractivity contribution in [3.05, 3.63) is 54.9 Å². The molecule has 0 atom stereocenters. The number of pyridine rings is 1. The lowest BCUT2D eigenvalue weighted by Gasteiger charge is -2.05. The minimum atomic E-state index is -2.22. The Morgan fingerprint density at radius 3 is 2.86 bits per heavy atom. The monoisotopic (exact) mass is 407 g/mol. The van der Waals surface area contributed by atoms with Crippen LogP contribution in [0.15, 0.2) is 49.3 Å². The van der Waals surface area contributed by atoms with Crippen LogP contribution in [0.25, 0.3) is 28.2 Å². The summed E-state index contributed by atoms with van der Waals surface area (Å²) >= 11 is 0. The highest BCUT2D eigenvalue weighted by Crippen LogP contribution is 2.37. The second-order valence-electron chi connectivity index (χ2n) is 7.36. The highest BCUT2D eigenvalue weighted by atomic mass is 31.2. The molecule has 0 amide bonds. The van der Waals surface area contributed by atoms with Gasteiger partial charge in [0.15, 0.2) is 5.65 Å². The molecule has 0 aromatic carbocycles. The van der Waals surface area contributed by atoms with Gasteiger partial charge in [-0.1, -0.05) is 11.3 Å². The Bertz CT molecular complexity index is 1380. The largest absolute Gasteiger partial charge is 0.322 e. The molecule has 0 saturated carbocycles. The minimum Gasteiger partial charge on any atom is -0.322 e. The van der Waals surface area contributed by atoms with Gasteiger partial charge in [0, 0.05) is 30.4 Å². The molecular weight excluding hydrogens is 389 g/mol. The lowest BCUT2D eigenvalue weighted by Crippen LogP contribution is -2.04. The van der Waals surface area contributed by atoms with Crippen molar-refractivity contribution in [1.82, 2.24) is 44.1 Å². The molecule has 29 heavy (non-hydrogen) atoms. The smallest absolute Gasteiger partial charge is 0.221 e. The zero-order valence-electron chi connectivity index (χ0n) is 15.9. The average molecular weight is 407 g/mol. The third kappa shape index (κ3) is 3.54. The first-order valence-corrected chi connectivity index (χ1v) is 11.8. The van der Waals surface area contributed by atoms with Crippen molar-refractivity contribution < 1.29 is 4.57 Å². The van der Waals surface area contributed by atoms with Crippen LogP contribution < -0.4 is 0 Å². The van der Waals surface area contributed by atoms with Gasteiger partial charge in [0.25, 0.3) is 0 Å². The molecule has 0 radical (unpaired) electrons. The molecule has 0 spiro atoms. The van der Waals surface area contributed by atoms with Crippen molar-refractivity contribution in [1.29, 1.82) is 0 Å². The molecule has 0 aliphatic carbocycles. The highest BCUT2D eigenvalue weighted by Gasteiger charge is 2.14. The first-order chi connectivity index (χ1) is 13.9. The molecule has 5 heterocycles. The number of hydrogen-bond donors (Lipinski definition) is 0. The van der Waals surface area contributed by atoms with Crippen molar-refractivity contribution >= 4 is 24.1 Å². The van der Waals surface area contributed by atoms with Gasteiger partial charge in [-0.3, -0.25) is 4.68 Å². The summed E-state index contributed by atoms with van der Waals surface area (Å²) in [6, 6.07) is 3.96. The summed E-state index contributed by atoms with van der Waals surface area (Å²) < 4.78 is 17.4. The fourth-order valence-corrected chi connectivity index (χ4v) is 4.01. The zero-order valence-corrected chi connectivity index (χ0v) is 16.8. The van der Waals surface area contributed by atoms with Crippen LogP contribution in [0.2, 0.25) is 0 Å². The maximum Gasteiger partial charge on any atom is 0.221 e. The quantitative estimate of drug-likeness (QED) is 0.412. The number of nitrogens with zero attached hydrogens (tertiary/aromatic N) is 9. The Kier molecular flexibility index (Phi) is 4.02. The first-order valence-electron chi connectivity index (χ1n) is 8.99. The van der Waals surface area contributed by atoms with E-state index >= 15 is 0 Å². The van der Waals surface area contributed by atoms with Gasteiger partial charge in [-0.2, -0.15) is 5.10 Å². The Balaban J connectivity index is 1.48. The number of rotatable bonds is 5. The summed E-state index contributed by atoms with van der Waals surface area (Å²) in [5.74, 6) is 0. The molecule has 0 aliphatic rings. The zero-order chi connectivity index (χ0) is 20.0. The fourth-order valence-electron chi connectivity index (χ4n) is 3.16. The van der Waals surface area contributed by atoms with E-state index < -0.39 is 7.14 Å². The molecule has 0 fully saturated rings. The van der Waals surface area contributed by atoms with Gasteiger partial charge in [-0.25, -0.2) is 19.6 Å². The van der Waals surface area contributed by atoms with Gasteiger partial charge in [-0.15, -0.1) is 5.10 Å². The number of aromatic nitrogens is 9. The van der Waals surface area contributed by atoms with Crippen LogP contribution in [-0.4, -0.2) is 57.5 Å². The Labute approximate surface area is 165 Å². The van der Waals surface area contributed by atoms with Crippen LogP contribution in [0.4, 0.5) is 0 Å². The van der Waals surface area contributed by atoms with Gasteiger partial charge in [0.1, 0.15) is 12.8 Å². The van der Waals surface area contributed by atoms with E-state index in [1.165, 1.54) is 0 Å². The van der Waals surface area contributed by atoms with E-state index in [1.807, 2.05) is 35.1 Å². The van der Waals surface area contributed by atoms with Crippen LogP contribution in [0.5, 0.6) is 0 Å². The van der Waals surface area contributed by atoms with Gasteiger partial charge in [0.05, 0.1) is 30.9 Å². The van der Waals surface area contributed by atoms with Gasteiger partial charge in [0.2, 0.25) is 5.65 Å². The fraction of sp³-hybridized carbons (Fsp3) is 0.222. The standard InChI is InChI=1S/C18H18N9OP/c1-29(2,28)12-26-11-14(7-21-26)15-8-20-17-18(22-15)27(24-23-17)10-13-3-4-16-19-5-6-25(16)9-13/h3-9,11H,10,12H2,1-2H3. The molecule has 0 bridgehead atoms. The molecule has 5 aromatic rings. The van der Waals surface area contributed by atoms with Crippen molar-refractivity contribution in [2.75, 3.05) is 13.3 Å². The van der Waals surface area contributed by atoms with Crippen molar-refractivity contribution in [3.8, 4) is 11.3 Å². The second kappa shape index (κ2) is 6.59. The normalized spacial score (nSPS) is 12.2. The molecule has 0 aliphatic heterocycles. The molecular formula is C18H18N9OP. The Hall–Kier alpha value is -3.39. The van der Waals surface area contributed by atoms with Crippen molar-refractivity contribution in [2.24, 2.45) is 0 Å². The molecule has 11 heteroatoms. The van der Waals surface area contributed by atoms with Crippen molar-refractivity contribution in [3.63, 3.8) is 0 Å². The summed E-state index contributed by atoms with van der Waals surface area (Å²) in [4.78, 5) is 13.3. The number of imidazole rings is 1. The van der Waals surface area contributed by atoms with E-state index in [0.29, 0.717) is 29.8 Å². The van der Waals surface area contributed by atoms with E-state index in [1.54, 1.807) is 41.3 Å². The SMILES string of the molecule is CP(C)(=O)Cn1cc(-c2cnc3nnn(Cc4ccc5nccn5c4)c3n2)cn1. The summed E-state index contributed by atoms with van der Waals surface area (Å²) in [6.07, 6.45) is 11.2. The highest BCUT2D eigenvalue weighted by molar-refractivity contribution is 7.61. The summed E-state index contributed by atoms with van der Waals surface area (Å²) in [5, 5.41) is 12.6. The van der Waals surface area contributed by atoms with Gasteiger partial charge in [-0.05, 0) is 25.0 Å². The Morgan fingerprint density at radius 1 is 1.10 bits per heavy atom. The average Bonchev–Trinajstić information content (AvgIpc) is 3.40. The number of fused-ring (bicyclic) bond motifs is 2. The van der Waals surface area contributed by atoms with Crippen LogP contribution in [-0.2, 0) is 17.4 Å². The van der Waals surface area contributed by atoms with Crippen LogP contribution in [0, 0.1) is 0 Å². The molecule has 0 saturated heterocycles. The topological polar surface area (TPSA) is 109 Å². The van der Waals surface area contributed by atoms with Crippen LogP contribution in [0.3, 0.4) is 0 Å². The number of hydrogen-bond acceptors (Lipinski definition) is 7. The van der Waals surface area contributed by atoms with E-state index in [2.05, 4.69) is 25.4 Å². The molecule has 5 rings (SSSR count). The lowest BCUT2D eigenvalue weighted by atomic mass is 10.2. The summed E-state index contributed by atoms with van der Waals surface area (Å²) in [6.45, 7) is 3.99. The van der Waals surface area contributed by atoms with E-state index in [0.717, 1.165) is 16.8 Å². The van der Waals surface area contributed by atoms with E-state index in [-0.39, 0.29) is 0 Å². The molecule has 5 aromatic heterocycles. The summed E-state index contributed by atoms with van der Waals surface area (Å²) in [7, 11) is -2.22. The maximum absolute atomic E-state index is 12.0. The molecule has 10 nitrogen and oxygen atoms in total. The molecule has 0 unspecified atom stereocenters. The summed E-state index contributed by atoms with van der Waals surface area (Å²) in [5.41, 5.74) is 4.48. The predicted molar refractivity (Wildman–Crippen MR) is 108 cm³/mol.